The van der Waals surface area contributed by atoms with Crippen LogP contribution in [-0.4, -0.2) is 90.9 Å². The van der Waals surface area contributed by atoms with Gasteiger partial charge in [0.15, 0.2) is 0 Å². The van der Waals surface area contributed by atoms with Crippen molar-refractivity contribution >= 4 is 23.4 Å². The third-order valence-corrected chi connectivity index (χ3v) is 7.35. The summed E-state index contributed by atoms with van der Waals surface area (Å²) in [7, 11) is 2.16. The van der Waals surface area contributed by atoms with Crippen LogP contribution in [0, 0.1) is 0 Å². The van der Waals surface area contributed by atoms with Crippen LogP contribution in [0.5, 0.6) is 0 Å². The molecule has 1 atom stereocenters. The molecule has 2 fully saturated rings. The van der Waals surface area contributed by atoms with Gasteiger partial charge in [-0.1, -0.05) is 12.1 Å². The van der Waals surface area contributed by atoms with Gasteiger partial charge in [0.25, 0.3) is 5.91 Å². The number of piperazine rings is 1. The number of nitrogens with zero attached hydrogens (tertiary/aromatic N) is 4. The highest BCUT2D eigenvalue weighted by Crippen LogP contribution is 2.43. The Hall–Kier alpha value is -2.45. The minimum absolute atomic E-state index is 0.0314. The van der Waals surface area contributed by atoms with Crippen LogP contribution in [-0.2, 0) is 9.59 Å². The molecule has 3 aliphatic heterocycles. The SMILES string of the molecule is CN1CCN(CCCCNC(=O)CCCN2C(=O)c3ccccc3N3C(=O)CCC23C)CC1. The van der Waals surface area contributed by atoms with Gasteiger partial charge in [-0.15, -0.1) is 0 Å². The monoisotopic (exact) mass is 455 g/mol. The number of carbonyl (C=O) groups excluding carboxylic acids is 3. The zero-order valence-corrected chi connectivity index (χ0v) is 20.0. The molecule has 4 rings (SSSR count). The summed E-state index contributed by atoms with van der Waals surface area (Å²) in [6.45, 7) is 8.74. The number of para-hydroxylation sites is 1. The Balaban J connectivity index is 1.21. The molecule has 3 amide bonds. The maximum Gasteiger partial charge on any atom is 0.257 e. The summed E-state index contributed by atoms with van der Waals surface area (Å²) < 4.78 is 0. The highest BCUT2D eigenvalue weighted by molar-refractivity contribution is 6.10. The van der Waals surface area contributed by atoms with Crippen LogP contribution in [0.15, 0.2) is 24.3 Å². The van der Waals surface area contributed by atoms with E-state index in [4.69, 9.17) is 0 Å². The smallest absolute Gasteiger partial charge is 0.257 e. The van der Waals surface area contributed by atoms with E-state index in [2.05, 4.69) is 22.2 Å². The van der Waals surface area contributed by atoms with Crippen molar-refractivity contribution in [2.45, 2.75) is 51.1 Å². The summed E-state index contributed by atoms with van der Waals surface area (Å²) in [4.78, 5) is 46.6. The second-order valence-electron chi connectivity index (χ2n) is 9.73. The van der Waals surface area contributed by atoms with E-state index in [0.717, 1.165) is 45.6 Å². The standard InChI is InChI=1S/C25H37N5O3/c1-25-12-11-23(32)30(25)21-9-4-3-8-20(21)24(33)29(25)15-7-10-22(31)26-13-5-6-14-28-18-16-27(2)17-19-28/h3-4,8-9H,5-7,10-19H2,1-2H3,(H,26,31). The summed E-state index contributed by atoms with van der Waals surface area (Å²) in [6.07, 6.45) is 4.09. The first-order chi connectivity index (χ1) is 15.9. The number of anilines is 1. The first-order valence-electron chi connectivity index (χ1n) is 12.3. The Morgan fingerprint density at radius 1 is 1.03 bits per heavy atom. The van der Waals surface area contributed by atoms with Crippen molar-refractivity contribution in [2.75, 3.05) is 57.8 Å². The zero-order chi connectivity index (χ0) is 23.4. The van der Waals surface area contributed by atoms with E-state index >= 15 is 0 Å². The average Bonchev–Trinajstić information content (AvgIpc) is 3.12. The van der Waals surface area contributed by atoms with Crippen LogP contribution in [0.25, 0.3) is 0 Å². The lowest BCUT2D eigenvalue weighted by Crippen LogP contribution is -2.62. The van der Waals surface area contributed by atoms with Crippen molar-refractivity contribution in [3.05, 3.63) is 29.8 Å². The van der Waals surface area contributed by atoms with Gasteiger partial charge in [0, 0.05) is 52.1 Å². The van der Waals surface area contributed by atoms with Crippen molar-refractivity contribution in [1.29, 1.82) is 0 Å². The molecular formula is C25H37N5O3. The highest BCUT2D eigenvalue weighted by atomic mass is 16.2. The number of carbonyl (C=O) groups is 3. The predicted octanol–water partition coefficient (Wildman–Crippen LogP) is 1.91. The predicted molar refractivity (Wildman–Crippen MR) is 128 cm³/mol. The molecule has 3 heterocycles. The number of fused-ring (bicyclic) bond motifs is 3. The lowest BCUT2D eigenvalue weighted by molar-refractivity contribution is -0.121. The molecule has 1 aromatic carbocycles. The molecule has 0 aliphatic carbocycles. The topological polar surface area (TPSA) is 76.2 Å². The maximum atomic E-state index is 13.2. The summed E-state index contributed by atoms with van der Waals surface area (Å²) in [6, 6.07) is 7.33. The molecule has 0 aromatic heterocycles. The van der Waals surface area contributed by atoms with Crippen LogP contribution >= 0.6 is 0 Å². The Labute approximate surface area is 196 Å². The van der Waals surface area contributed by atoms with E-state index in [1.54, 1.807) is 15.9 Å². The number of unbranched alkanes of at least 4 members (excludes halogenated alkanes) is 1. The first kappa shape index (κ1) is 23.7. The van der Waals surface area contributed by atoms with E-state index < -0.39 is 5.66 Å². The maximum absolute atomic E-state index is 13.2. The fraction of sp³-hybridized carbons (Fsp3) is 0.640. The third-order valence-electron chi connectivity index (χ3n) is 7.35. The molecule has 1 unspecified atom stereocenters. The van der Waals surface area contributed by atoms with Crippen molar-refractivity contribution in [3.63, 3.8) is 0 Å². The minimum atomic E-state index is -0.651. The molecule has 8 nitrogen and oxygen atoms in total. The molecule has 1 N–H and O–H groups in total. The second kappa shape index (κ2) is 10.2. The Kier molecular flexibility index (Phi) is 7.34. The van der Waals surface area contributed by atoms with E-state index in [1.807, 2.05) is 25.1 Å². The molecule has 0 saturated carbocycles. The number of hydrogen-bond acceptors (Lipinski definition) is 5. The molecule has 2 saturated heterocycles. The van der Waals surface area contributed by atoms with Gasteiger partial charge in [-0.2, -0.15) is 0 Å². The average molecular weight is 456 g/mol. The van der Waals surface area contributed by atoms with Gasteiger partial charge >= 0.3 is 0 Å². The summed E-state index contributed by atoms with van der Waals surface area (Å²) in [5.74, 6) is 0.0316. The molecule has 8 heteroatoms. The second-order valence-corrected chi connectivity index (χ2v) is 9.73. The lowest BCUT2D eigenvalue weighted by Gasteiger charge is -2.48. The van der Waals surface area contributed by atoms with Gasteiger partial charge in [0.1, 0.15) is 5.66 Å². The Bertz CT molecular complexity index is 883. The Morgan fingerprint density at radius 3 is 2.58 bits per heavy atom. The van der Waals surface area contributed by atoms with Gasteiger partial charge in [-0.05, 0) is 58.3 Å². The molecule has 3 aliphatic rings. The van der Waals surface area contributed by atoms with Gasteiger partial charge < -0.3 is 20.0 Å². The number of rotatable bonds is 9. The molecule has 180 valence electrons. The fourth-order valence-electron chi connectivity index (χ4n) is 5.29. The number of amides is 3. The molecule has 33 heavy (non-hydrogen) atoms. The van der Waals surface area contributed by atoms with Crippen molar-refractivity contribution < 1.29 is 14.4 Å². The van der Waals surface area contributed by atoms with Gasteiger partial charge in [-0.3, -0.25) is 19.3 Å². The van der Waals surface area contributed by atoms with Gasteiger partial charge in [0.05, 0.1) is 11.3 Å². The van der Waals surface area contributed by atoms with Crippen LogP contribution in [0.2, 0.25) is 0 Å². The first-order valence-corrected chi connectivity index (χ1v) is 12.3. The van der Waals surface area contributed by atoms with Crippen molar-refractivity contribution in [3.8, 4) is 0 Å². The molecule has 0 bridgehead atoms. The van der Waals surface area contributed by atoms with Gasteiger partial charge in [-0.25, -0.2) is 0 Å². The Morgan fingerprint density at radius 2 is 1.79 bits per heavy atom. The van der Waals surface area contributed by atoms with Crippen molar-refractivity contribution in [2.24, 2.45) is 0 Å². The normalized spacial score (nSPS) is 23.6. The zero-order valence-electron chi connectivity index (χ0n) is 20.0. The van der Waals surface area contributed by atoms with Crippen LogP contribution < -0.4 is 10.2 Å². The van der Waals surface area contributed by atoms with E-state index in [9.17, 15) is 14.4 Å². The number of likely N-dealkylation sites (N-methyl/N-ethyl adjacent to an activating group) is 1. The van der Waals surface area contributed by atoms with E-state index in [1.165, 1.54) is 0 Å². The van der Waals surface area contributed by atoms with E-state index in [0.29, 0.717) is 50.0 Å². The fourth-order valence-corrected chi connectivity index (χ4v) is 5.29. The number of benzene rings is 1. The summed E-state index contributed by atoms with van der Waals surface area (Å²) in [5, 5.41) is 3.02. The summed E-state index contributed by atoms with van der Waals surface area (Å²) in [5.41, 5.74) is 0.621. The highest BCUT2D eigenvalue weighted by Gasteiger charge is 2.52. The minimum Gasteiger partial charge on any atom is -0.356 e. The van der Waals surface area contributed by atoms with Crippen LogP contribution in [0.4, 0.5) is 5.69 Å². The number of hydrogen-bond donors (Lipinski definition) is 1. The van der Waals surface area contributed by atoms with E-state index in [-0.39, 0.29) is 17.7 Å². The molecule has 0 spiro atoms. The van der Waals surface area contributed by atoms with Gasteiger partial charge in [0.2, 0.25) is 11.8 Å². The van der Waals surface area contributed by atoms with Crippen LogP contribution in [0.1, 0.15) is 55.8 Å². The largest absolute Gasteiger partial charge is 0.356 e. The quantitative estimate of drug-likeness (QED) is 0.576. The lowest BCUT2D eigenvalue weighted by atomic mass is 9.98. The van der Waals surface area contributed by atoms with Crippen molar-refractivity contribution in [1.82, 2.24) is 20.0 Å². The third kappa shape index (κ3) is 5.06. The molecule has 0 radical (unpaired) electrons. The van der Waals surface area contributed by atoms with Crippen LogP contribution in [0.3, 0.4) is 0 Å². The summed E-state index contributed by atoms with van der Waals surface area (Å²) >= 11 is 0. The molecular weight excluding hydrogens is 418 g/mol. The number of nitrogens with one attached hydrogen (secondary N) is 1. The molecule has 1 aromatic rings.